The van der Waals surface area contributed by atoms with Crippen molar-refractivity contribution in [2.45, 2.75) is 13.0 Å². The van der Waals surface area contributed by atoms with Gasteiger partial charge in [0.2, 0.25) is 11.8 Å². The lowest BCUT2D eigenvalue weighted by atomic mass is 10.1. The van der Waals surface area contributed by atoms with Gasteiger partial charge in [-0.25, -0.2) is 0 Å². The fourth-order valence-corrected chi connectivity index (χ4v) is 2.99. The van der Waals surface area contributed by atoms with Gasteiger partial charge in [0.15, 0.2) is 0 Å². The maximum atomic E-state index is 12.4. The fraction of sp³-hybridized carbons (Fsp3) is 0.364. The first kappa shape index (κ1) is 23.0. The molecule has 0 aliphatic rings. The minimum absolute atomic E-state index is 0.0709. The summed E-state index contributed by atoms with van der Waals surface area (Å²) in [5, 5.41) is 5.72. The molecule has 2 rings (SSSR count). The third kappa shape index (κ3) is 6.66. The van der Waals surface area contributed by atoms with Gasteiger partial charge in [0.25, 0.3) is 0 Å². The van der Waals surface area contributed by atoms with Crippen LogP contribution in [0.3, 0.4) is 0 Å². The molecular weight excluding hydrogens is 386 g/mol. The number of amides is 2. The van der Waals surface area contributed by atoms with Gasteiger partial charge >= 0.3 is 0 Å². The van der Waals surface area contributed by atoms with E-state index in [2.05, 4.69) is 10.6 Å². The summed E-state index contributed by atoms with van der Waals surface area (Å²) in [6, 6.07) is 12.2. The molecule has 0 radical (unpaired) electrons. The Balaban J connectivity index is 1.88. The molecule has 0 saturated heterocycles. The number of carbonyl (C=O) groups is 2. The Labute approximate surface area is 177 Å². The molecule has 0 saturated carbocycles. The second-order valence-corrected chi connectivity index (χ2v) is 6.85. The van der Waals surface area contributed by atoms with Gasteiger partial charge in [0.1, 0.15) is 17.2 Å². The molecular formula is C22H29N3O5. The van der Waals surface area contributed by atoms with Gasteiger partial charge in [-0.05, 0) is 44.3 Å². The summed E-state index contributed by atoms with van der Waals surface area (Å²) in [5.41, 5.74) is 1.44. The minimum Gasteiger partial charge on any atom is -0.497 e. The molecule has 0 bridgehead atoms. The van der Waals surface area contributed by atoms with E-state index in [1.807, 2.05) is 13.0 Å². The fourth-order valence-electron chi connectivity index (χ4n) is 2.99. The minimum atomic E-state index is -0.290. The quantitative estimate of drug-likeness (QED) is 0.620. The highest BCUT2D eigenvalue weighted by atomic mass is 16.5. The third-order valence-electron chi connectivity index (χ3n) is 4.46. The molecule has 0 fully saturated rings. The van der Waals surface area contributed by atoms with Crippen molar-refractivity contribution >= 4 is 17.5 Å². The molecule has 1 unspecified atom stereocenters. The molecule has 30 heavy (non-hydrogen) atoms. The molecule has 2 N–H and O–H groups in total. The molecule has 2 aromatic carbocycles. The van der Waals surface area contributed by atoms with E-state index in [4.69, 9.17) is 14.2 Å². The average Bonchev–Trinajstić information content (AvgIpc) is 2.72. The van der Waals surface area contributed by atoms with Gasteiger partial charge in [0.05, 0.1) is 40.5 Å². The molecule has 8 heteroatoms. The van der Waals surface area contributed by atoms with Crippen LogP contribution in [0, 0.1) is 0 Å². The SMILES string of the molecule is COc1cccc(NC(=O)CN(C)CC(=O)NC(C)c2cc(OC)ccc2OC)c1. The Kier molecular flexibility index (Phi) is 8.49. The second kappa shape index (κ2) is 11.1. The largest absolute Gasteiger partial charge is 0.497 e. The number of methoxy groups -OCH3 is 3. The lowest BCUT2D eigenvalue weighted by Gasteiger charge is -2.21. The topological polar surface area (TPSA) is 89.1 Å². The van der Waals surface area contributed by atoms with Crippen LogP contribution in [0.2, 0.25) is 0 Å². The van der Waals surface area contributed by atoms with Crippen LogP contribution in [0.5, 0.6) is 17.2 Å². The second-order valence-electron chi connectivity index (χ2n) is 6.85. The van der Waals surface area contributed by atoms with Crippen molar-refractivity contribution in [1.29, 1.82) is 0 Å². The summed E-state index contributed by atoms with van der Waals surface area (Å²) in [5.74, 6) is 1.57. The van der Waals surface area contributed by atoms with E-state index in [0.717, 1.165) is 5.56 Å². The van der Waals surface area contributed by atoms with Crippen molar-refractivity contribution in [3.63, 3.8) is 0 Å². The Hall–Kier alpha value is -3.26. The zero-order valence-electron chi connectivity index (χ0n) is 18.0. The van der Waals surface area contributed by atoms with Crippen LogP contribution in [0.25, 0.3) is 0 Å². The number of rotatable bonds is 10. The highest BCUT2D eigenvalue weighted by Crippen LogP contribution is 2.29. The number of hydrogen-bond donors (Lipinski definition) is 2. The van der Waals surface area contributed by atoms with Crippen molar-refractivity contribution in [3.05, 3.63) is 48.0 Å². The average molecular weight is 415 g/mol. The number of nitrogens with zero attached hydrogens (tertiary/aromatic N) is 1. The first-order valence-corrected chi connectivity index (χ1v) is 9.50. The lowest BCUT2D eigenvalue weighted by Crippen LogP contribution is -2.39. The molecule has 162 valence electrons. The van der Waals surface area contributed by atoms with Gasteiger partial charge in [0, 0.05) is 17.3 Å². The zero-order valence-corrected chi connectivity index (χ0v) is 18.0. The van der Waals surface area contributed by atoms with Crippen LogP contribution in [-0.2, 0) is 9.59 Å². The first-order chi connectivity index (χ1) is 14.4. The number of anilines is 1. The Morgan fingerprint density at radius 3 is 2.27 bits per heavy atom. The van der Waals surface area contributed by atoms with Gasteiger partial charge in [-0.1, -0.05) is 6.07 Å². The normalized spacial score (nSPS) is 11.5. The molecule has 0 aliphatic carbocycles. The summed E-state index contributed by atoms with van der Waals surface area (Å²) in [6.07, 6.45) is 0. The highest BCUT2D eigenvalue weighted by Gasteiger charge is 2.17. The van der Waals surface area contributed by atoms with E-state index in [-0.39, 0.29) is 30.9 Å². The van der Waals surface area contributed by atoms with Gasteiger partial charge in [-0.15, -0.1) is 0 Å². The van der Waals surface area contributed by atoms with Crippen molar-refractivity contribution < 1.29 is 23.8 Å². The number of benzene rings is 2. The Bertz CT molecular complexity index is 872. The molecule has 0 heterocycles. The van der Waals surface area contributed by atoms with Crippen LogP contribution >= 0.6 is 0 Å². The Morgan fingerprint density at radius 2 is 1.60 bits per heavy atom. The summed E-state index contributed by atoms with van der Waals surface area (Å²) >= 11 is 0. The Morgan fingerprint density at radius 1 is 0.933 bits per heavy atom. The van der Waals surface area contributed by atoms with Crippen molar-refractivity contribution in [2.24, 2.45) is 0 Å². The van der Waals surface area contributed by atoms with Crippen molar-refractivity contribution in [3.8, 4) is 17.2 Å². The number of ether oxygens (including phenoxy) is 3. The van der Waals surface area contributed by atoms with Crippen molar-refractivity contribution in [2.75, 3.05) is 46.8 Å². The van der Waals surface area contributed by atoms with E-state index in [1.54, 1.807) is 69.7 Å². The molecule has 1 atom stereocenters. The summed E-state index contributed by atoms with van der Waals surface area (Å²) < 4.78 is 15.8. The third-order valence-corrected chi connectivity index (χ3v) is 4.46. The predicted octanol–water partition coefficient (Wildman–Crippen LogP) is 2.46. The number of carbonyl (C=O) groups excluding carboxylic acids is 2. The zero-order chi connectivity index (χ0) is 22.1. The smallest absolute Gasteiger partial charge is 0.238 e. The lowest BCUT2D eigenvalue weighted by molar-refractivity contribution is -0.123. The van der Waals surface area contributed by atoms with Gasteiger partial charge in [-0.3, -0.25) is 14.5 Å². The van der Waals surface area contributed by atoms with Crippen LogP contribution in [0.15, 0.2) is 42.5 Å². The summed E-state index contributed by atoms with van der Waals surface area (Å²) in [4.78, 5) is 26.3. The van der Waals surface area contributed by atoms with Crippen LogP contribution in [0.4, 0.5) is 5.69 Å². The van der Waals surface area contributed by atoms with Gasteiger partial charge < -0.3 is 24.8 Å². The standard InChI is InChI=1S/C22H29N3O5/c1-15(19-12-18(29-4)9-10-20(19)30-5)23-21(26)13-25(2)14-22(27)24-16-7-6-8-17(11-16)28-3/h6-12,15H,13-14H2,1-5H3,(H,23,26)(H,24,27). The van der Waals surface area contributed by atoms with E-state index >= 15 is 0 Å². The molecule has 0 spiro atoms. The highest BCUT2D eigenvalue weighted by molar-refractivity contribution is 5.92. The van der Waals surface area contributed by atoms with E-state index in [0.29, 0.717) is 22.9 Å². The molecule has 0 aromatic heterocycles. The van der Waals surface area contributed by atoms with E-state index < -0.39 is 0 Å². The van der Waals surface area contributed by atoms with Crippen LogP contribution < -0.4 is 24.8 Å². The molecule has 8 nitrogen and oxygen atoms in total. The maximum absolute atomic E-state index is 12.4. The molecule has 0 aliphatic heterocycles. The predicted molar refractivity (Wildman–Crippen MR) is 115 cm³/mol. The number of hydrogen-bond acceptors (Lipinski definition) is 6. The number of likely N-dealkylation sites (N-methyl/N-ethyl adjacent to an activating group) is 1. The van der Waals surface area contributed by atoms with Crippen LogP contribution in [0.1, 0.15) is 18.5 Å². The summed E-state index contributed by atoms with van der Waals surface area (Å²) in [7, 11) is 6.44. The summed E-state index contributed by atoms with van der Waals surface area (Å²) in [6.45, 7) is 2.01. The van der Waals surface area contributed by atoms with E-state index in [9.17, 15) is 9.59 Å². The van der Waals surface area contributed by atoms with Gasteiger partial charge in [-0.2, -0.15) is 0 Å². The first-order valence-electron chi connectivity index (χ1n) is 9.50. The van der Waals surface area contributed by atoms with Crippen molar-refractivity contribution in [1.82, 2.24) is 10.2 Å². The number of nitrogens with one attached hydrogen (secondary N) is 2. The van der Waals surface area contributed by atoms with E-state index in [1.165, 1.54) is 0 Å². The molecule has 2 aromatic rings. The maximum Gasteiger partial charge on any atom is 0.238 e. The van der Waals surface area contributed by atoms with Crippen LogP contribution in [-0.4, -0.2) is 58.2 Å². The molecule has 2 amide bonds. The monoisotopic (exact) mass is 415 g/mol.